The fraction of sp³-hybridized carbons (Fsp3) is 0.632. The van der Waals surface area contributed by atoms with Crippen LogP contribution in [-0.2, 0) is 10.8 Å². The minimum atomic E-state index is -0.846. The van der Waals surface area contributed by atoms with E-state index in [0.29, 0.717) is 18.3 Å². The van der Waals surface area contributed by atoms with E-state index in [4.69, 9.17) is 0 Å². The summed E-state index contributed by atoms with van der Waals surface area (Å²) in [6.45, 7) is 10.8. The van der Waals surface area contributed by atoms with E-state index < -0.39 is 10.8 Å². The van der Waals surface area contributed by atoms with Crippen molar-refractivity contribution in [2.45, 2.75) is 44.9 Å². The van der Waals surface area contributed by atoms with Crippen molar-refractivity contribution in [1.82, 2.24) is 10.6 Å². The Kier molecular flexibility index (Phi) is 9.36. The molecule has 2 rings (SSSR count). The summed E-state index contributed by atoms with van der Waals surface area (Å²) < 4.78 is 11.9. The average Bonchev–Trinajstić information content (AvgIpc) is 3.02. The van der Waals surface area contributed by atoms with Gasteiger partial charge in [0, 0.05) is 59.7 Å². The Bertz CT molecular complexity index is 613. The molecule has 1 saturated heterocycles. The van der Waals surface area contributed by atoms with Crippen molar-refractivity contribution in [1.29, 1.82) is 0 Å². The molecule has 0 bridgehead atoms. The third kappa shape index (κ3) is 7.06. The van der Waals surface area contributed by atoms with Gasteiger partial charge in [-0.3, -0.25) is 9.20 Å². The number of anilines is 1. The summed E-state index contributed by atoms with van der Waals surface area (Å²) in [6.07, 6.45) is 1.09. The van der Waals surface area contributed by atoms with Crippen molar-refractivity contribution >= 4 is 46.4 Å². The van der Waals surface area contributed by atoms with Gasteiger partial charge in [-0.05, 0) is 46.2 Å². The molecule has 1 fully saturated rings. The van der Waals surface area contributed by atoms with Crippen molar-refractivity contribution in [3.63, 3.8) is 0 Å². The Labute approximate surface area is 177 Å². The number of halogens is 1. The van der Waals surface area contributed by atoms with Crippen molar-refractivity contribution in [2.75, 3.05) is 37.3 Å². The number of aryl methyl sites for hydroxylation is 1. The van der Waals surface area contributed by atoms with Crippen molar-refractivity contribution in [3.8, 4) is 0 Å². The normalized spacial score (nSPS) is 19.0. The predicted molar refractivity (Wildman–Crippen MR) is 124 cm³/mol. The predicted octanol–water partition coefficient (Wildman–Crippen LogP) is 2.90. The number of nitrogens with one attached hydrogen (secondary N) is 2. The quantitative estimate of drug-likeness (QED) is 0.377. The zero-order valence-electron chi connectivity index (χ0n) is 16.5. The van der Waals surface area contributed by atoms with Crippen LogP contribution in [0.4, 0.5) is 5.69 Å². The van der Waals surface area contributed by atoms with E-state index in [1.807, 2.05) is 20.8 Å². The maximum Gasteiger partial charge on any atom is 0.191 e. The van der Waals surface area contributed by atoms with E-state index in [0.717, 1.165) is 25.5 Å². The highest BCUT2D eigenvalue weighted by Gasteiger charge is 2.23. The Balaban J connectivity index is 0.00000338. The van der Waals surface area contributed by atoms with Crippen LogP contribution in [0.25, 0.3) is 0 Å². The summed E-state index contributed by atoms with van der Waals surface area (Å²) in [6, 6.07) is 9.07. The van der Waals surface area contributed by atoms with E-state index >= 15 is 0 Å². The zero-order valence-corrected chi connectivity index (χ0v) is 19.7. The Morgan fingerprint density at radius 2 is 1.96 bits per heavy atom. The number of aliphatic imine (C=N–C) groups is 1. The fourth-order valence-corrected chi connectivity index (χ4v) is 3.72. The number of nitrogens with zero attached hydrogens (tertiary/aromatic N) is 2. The molecule has 7 heteroatoms. The van der Waals surface area contributed by atoms with Gasteiger partial charge in [0.25, 0.3) is 0 Å². The Morgan fingerprint density at radius 3 is 2.54 bits per heavy atom. The molecule has 2 N–H and O–H groups in total. The molecule has 1 aromatic carbocycles. The smallest absolute Gasteiger partial charge is 0.191 e. The highest BCUT2D eigenvalue weighted by Crippen LogP contribution is 2.20. The molecular formula is C19H33IN4OS. The van der Waals surface area contributed by atoms with Crippen LogP contribution in [0.15, 0.2) is 29.3 Å². The molecular weight excluding hydrogens is 459 g/mol. The minimum absolute atomic E-state index is 0. The van der Waals surface area contributed by atoms with Gasteiger partial charge in [0.05, 0.1) is 0 Å². The van der Waals surface area contributed by atoms with E-state index in [9.17, 15) is 4.21 Å². The van der Waals surface area contributed by atoms with Crippen LogP contribution in [0.5, 0.6) is 0 Å². The standard InChI is InChI=1S/C19H32N4OS.HI/c1-15-6-8-17(9-7-15)23-12-10-16(14-23)22-18(20-5)21-11-13-25(24)19(2,3)4;/h6-9,16H,10-14H2,1-5H3,(H2,20,21,22);1H. The summed E-state index contributed by atoms with van der Waals surface area (Å²) >= 11 is 0. The SMILES string of the molecule is CN=C(NCCS(=O)C(C)(C)C)NC1CCN(c2ccc(C)cc2)C1.I. The Morgan fingerprint density at radius 1 is 1.31 bits per heavy atom. The van der Waals surface area contributed by atoms with Gasteiger partial charge in [0.15, 0.2) is 5.96 Å². The molecule has 0 spiro atoms. The molecule has 1 aliphatic heterocycles. The molecule has 26 heavy (non-hydrogen) atoms. The molecule has 0 saturated carbocycles. The van der Waals surface area contributed by atoms with Crippen LogP contribution in [0.3, 0.4) is 0 Å². The third-order valence-electron chi connectivity index (χ3n) is 4.41. The van der Waals surface area contributed by atoms with Gasteiger partial charge in [-0.15, -0.1) is 24.0 Å². The topological polar surface area (TPSA) is 56.7 Å². The second-order valence-corrected chi connectivity index (χ2v) is 9.90. The first-order chi connectivity index (χ1) is 11.8. The minimum Gasteiger partial charge on any atom is -0.369 e. The van der Waals surface area contributed by atoms with Crippen LogP contribution in [0.1, 0.15) is 32.8 Å². The van der Waals surface area contributed by atoms with Crippen LogP contribution in [0, 0.1) is 6.92 Å². The summed E-state index contributed by atoms with van der Waals surface area (Å²) in [5, 5.41) is 6.78. The van der Waals surface area contributed by atoms with E-state index in [2.05, 4.69) is 51.7 Å². The van der Waals surface area contributed by atoms with Gasteiger partial charge in [-0.25, -0.2) is 0 Å². The summed E-state index contributed by atoms with van der Waals surface area (Å²) in [4.78, 5) is 6.70. The molecule has 5 nitrogen and oxygen atoms in total. The number of benzene rings is 1. The van der Waals surface area contributed by atoms with Gasteiger partial charge in [0.1, 0.15) is 0 Å². The van der Waals surface area contributed by atoms with Gasteiger partial charge in [-0.1, -0.05) is 17.7 Å². The van der Waals surface area contributed by atoms with Crippen LogP contribution in [0.2, 0.25) is 0 Å². The lowest BCUT2D eigenvalue weighted by atomic mass is 10.2. The van der Waals surface area contributed by atoms with E-state index in [1.165, 1.54) is 11.3 Å². The van der Waals surface area contributed by atoms with E-state index in [-0.39, 0.29) is 28.7 Å². The monoisotopic (exact) mass is 492 g/mol. The summed E-state index contributed by atoms with van der Waals surface area (Å²) in [7, 11) is 0.935. The van der Waals surface area contributed by atoms with Crippen molar-refractivity contribution in [2.24, 2.45) is 4.99 Å². The second kappa shape index (κ2) is 10.5. The maximum absolute atomic E-state index is 12.1. The molecule has 0 aromatic heterocycles. The van der Waals surface area contributed by atoms with Gasteiger partial charge in [-0.2, -0.15) is 0 Å². The lowest BCUT2D eigenvalue weighted by Crippen LogP contribution is -2.46. The molecule has 0 aliphatic carbocycles. The molecule has 1 aliphatic rings. The number of guanidine groups is 1. The highest BCUT2D eigenvalue weighted by atomic mass is 127. The molecule has 2 unspecified atom stereocenters. The van der Waals surface area contributed by atoms with Gasteiger partial charge < -0.3 is 15.5 Å². The first-order valence-corrected chi connectivity index (χ1v) is 10.3. The molecule has 1 heterocycles. The second-order valence-electron chi connectivity index (χ2n) is 7.57. The van der Waals surface area contributed by atoms with Crippen LogP contribution >= 0.6 is 24.0 Å². The first kappa shape index (κ1) is 23.2. The fourth-order valence-electron chi connectivity index (χ4n) is 2.82. The maximum atomic E-state index is 12.1. The molecule has 0 amide bonds. The largest absolute Gasteiger partial charge is 0.369 e. The van der Waals surface area contributed by atoms with Crippen LogP contribution in [-0.4, -0.2) is 53.4 Å². The zero-order chi connectivity index (χ0) is 18.4. The summed E-state index contributed by atoms with van der Waals surface area (Å²) in [5.74, 6) is 1.42. The first-order valence-electron chi connectivity index (χ1n) is 8.97. The Hall–Kier alpha value is -0.830. The number of hydrogen-bond donors (Lipinski definition) is 2. The molecule has 148 valence electrons. The molecule has 1 aromatic rings. The number of rotatable bonds is 5. The van der Waals surface area contributed by atoms with Gasteiger partial charge >= 0.3 is 0 Å². The van der Waals surface area contributed by atoms with Crippen molar-refractivity contribution < 1.29 is 4.21 Å². The lowest BCUT2D eigenvalue weighted by molar-refractivity contribution is 0.641. The van der Waals surface area contributed by atoms with Gasteiger partial charge in [0.2, 0.25) is 0 Å². The lowest BCUT2D eigenvalue weighted by Gasteiger charge is -2.21. The third-order valence-corrected chi connectivity index (χ3v) is 6.36. The van der Waals surface area contributed by atoms with Crippen LogP contribution < -0.4 is 15.5 Å². The highest BCUT2D eigenvalue weighted by molar-refractivity contribution is 14.0. The van der Waals surface area contributed by atoms with E-state index in [1.54, 1.807) is 7.05 Å². The average molecular weight is 492 g/mol. The number of hydrogen-bond acceptors (Lipinski definition) is 3. The molecule has 0 radical (unpaired) electrons. The summed E-state index contributed by atoms with van der Waals surface area (Å²) in [5.41, 5.74) is 2.56. The molecule has 2 atom stereocenters. The van der Waals surface area contributed by atoms with Crippen molar-refractivity contribution in [3.05, 3.63) is 29.8 Å².